The lowest BCUT2D eigenvalue weighted by atomic mass is 9.90. The van der Waals surface area contributed by atoms with Gasteiger partial charge in [-0.3, -0.25) is 37.2 Å². The van der Waals surface area contributed by atoms with Crippen LogP contribution in [0.25, 0.3) is 44.5 Å². The molecular weight excluding hydrogens is 1990 g/mol. The molecule has 0 aliphatic carbocycles. The molecule has 0 radical (unpaired) electrons. The molecule has 20 rings (SSSR count). The Hall–Kier alpha value is -16.2. The van der Waals surface area contributed by atoms with Crippen LogP contribution in [0.15, 0.2) is 388 Å². The van der Waals surface area contributed by atoms with Gasteiger partial charge in [0.05, 0.1) is 36.4 Å². The van der Waals surface area contributed by atoms with E-state index in [1.165, 1.54) is 118 Å². The number of para-hydroxylation sites is 4. The van der Waals surface area contributed by atoms with Crippen LogP contribution in [-0.4, -0.2) is 139 Å². The first-order valence-electron chi connectivity index (χ1n) is 47.9. The number of hydrogen-bond acceptors (Lipinski definition) is 20. The minimum absolute atomic E-state index is 0.0477. The zero-order valence-corrected chi connectivity index (χ0v) is 83.3. The summed E-state index contributed by atoms with van der Waals surface area (Å²) < 4.78 is 79.5. The number of carbonyl (C=O) groups is 6. The minimum Gasteiger partial charge on any atom is -0.508 e. The Kier molecular flexibility index (Phi) is 33.5. The molecule has 760 valence electrons. The fourth-order valence-corrected chi connectivity index (χ4v) is 24.3. The predicted octanol–water partition coefficient (Wildman–Crippen LogP) is 23.2. The van der Waals surface area contributed by atoms with E-state index in [0.717, 1.165) is 33.6 Å². The van der Waals surface area contributed by atoms with Crippen molar-refractivity contribution in [2.45, 2.75) is 83.1 Å². The molecule has 4 aliphatic heterocycles. The van der Waals surface area contributed by atoms with Gasteiger partial charge in [0.25, 0.3) is 0 Å². The smallest absolute Gasteiger partial charge is 0.245 e. The van der Waals surface area contributed by atoms with E-state index in [0.29, 0.717) is 96.1 Å². The lowest BCUT2D eigenvalue weighted by Crippen LogP contribution is -2.61. The third kappa shape index (κ3) is 24.1. The van der Waals surface area contributed by atoms with Crippen LogP contribution in [0.5, 0.6) is 46.0 Å². The van der Waals surface area contributed by atoms with Crippen LogP contribution in [0.2, 0.25) is 0 Å². The zero-order valence-electron chi connectivity index (χ0n) is 80.1. The molecule has 12 atom stereocenters. The van der Waals surface area contributed by atoms with Gasteiger partial charge in [0.15, 0.2) is 11.6 Å². The Bertz CT molecular complexity index is 7630. The van der Waals surface area contributed by atoms with Crippen LogP contribution in [0, 0.1) is 23.3 Å². The third-order valence-corrected chi connectivity index (χ3v) is 32.1. The second-order valence-electron chi connectivity index (χ2n) is 35.9. The average Bonchev–Trinajstić information content (AvgIpc) is 0.711. The highest BCUT2D eigenvalue weighted by molar-refractivity contribution is 8.01. The average molecular weight is 2090 g/mol. The van der Waals surface area contributed by atoms with Gasteiger partial charge in [0, 0.05) is 108 Å². The highest BCUT2D eigenvalue weighted by Crippen LogP contribution is 2.53. The number of anilines is 4. The SMILES string of the molecule is O=C(CCS(=O)C1C(=O)N(c2ccccc2)C1c1ccc(-c2cccc(O)c2)cc1O)c1ccc(F)cc1.O=C(CCSC1C(=O)N(c2ccccc2)C1c1ccc(-c2cccc(O)c2)cc1O)c1ccc(F)cc1.O=C1C(S(=O)CCC(O)c2ccc(F)cc2)C(c2ccc(-c3cccc(O)c3)cc2O)N1c1ccccc1.O=C1C(SCCC(O)c2ccc(F)cc2)C(c2ccc(-c3cccc(O)c3)cc2O)N1c1ccccc1. The van der Waals surface area contributed by atoms with E-state index in [9.17, 15) is 106 Å². The summed E-state index contributed by atoms with van der Waals surface area (Å²) in [6.07, 6.45) is -1.04. The number of aromatic hydroxyl groups is 8. The number of phenolic OH excluding ortho intramolecular Hbond substituents is 8. The van der Waals surface area contributed by atoms with Gasteiger partial charge >= 0.3 is 0 Å². The number of aliphatic hydroxyl groups excluding tert-OH is 2. The van der Waals surface area contributed by atoms with E-state index in [1.54, 1.807) is 204 Å². The van der Waals surface area contributed by atoms with Crippen molar-refractivity contribution in [3.05, 3.63) is 456 Å². The van der Waals surface area contributed by atoms with Crippen LogP contribution in [0.1, 0.15) is 116 Å². The first-order valence-corrected chi connectivity index (χ1v) is 52.8. The van der Waals surface area contributed by atoms with Crippen LogP contribution in [0.4, 0.5) is 40.3 Å². The van der Waals surface area contributed by atoms with E-state index in [2.05, 4.69) is 0 Å². The molecule has 10 N–H and O–H groups in total. The largest absolute Gasteiger partial charge is 0.508 e. The molecule has 12 unspecified atom stereocenters. The third-order valence-electron chi connectivity index (χ3n) is 26.3. The van der Waals surface area contributed by atoms with Gasteiger partial charge in [-0.25, -0.2) is 17.6 Å². The predicted molar refractivity (Wildman–Crippen MR) is 576 cm³/mol. The molecule has 0 aromatic heterocycles. The summed E-state index contributed by atoms with van der Waals surface area (Å²) in [5.41, 5.74) is 12.5. The molecule has 4 aliphatic rings. The second kappa shape index (κ2) is 47.7. The van der Waals surface area contributed by atoms with Gasteiger partial charge < -0.3 is 70.7 Å². The Morgan fingerprint density at radius 3 is 0.853 bits per heavy atom. The molecule has 16 aromatic rings. The van der Waals surface area contributed by atoms with E-state index < -0.39 is 90.4 Å². The number of hydrogen-bond donors (Lipinski definition) is 10. The van der Waals surface area contributed by atoms with Crippen molar-refractivity contribution in [3.63, 3.8) is 0 Å². The highest BCUT2D eigenvalue weighted by Gasteiger charge is 2.56. The number of halogens is 4. The highest BCUT2D eigenvalue weighted by atomic mass is 32.2. The number of carbonyl (C=O) groups excluding carboxylic acids is 6. The zero-order chi connectivity index (χ0) is 106. The van der Waals surface area contributed by atoms with Gasteiger partial charge in [-0.1, -0.05) is 194 Å². The van der Waals surface area contributed by atoms with Gasteiger partial charge in [0.2, 0.25) is 23.6 Å². The number of thioether (sulfide) groups is 2. The van der Waals surface area contributed by atoms with Crippen molar-refractivity contribution in [2.75, 3.05) is 42.6 Å². The fourth-order valence-electron chi connectivity index (χ4n) is 18.6. The summed E-state index contributed by atoms with van der Waals surface area (Å²) in [6.45, 7) is 0. The lowest BCUT2D eigenvalue weighted by Gasteiger charge is -2.47. The maximum atomic E-state index is 13.4. The summed E-state index contributed by atoms with van der Waals surface area (Å²) >= 11 is 2.82. The van der Waals surface area contributed by atoms with E-state index >= 15 is 0 Å². The summed E-state index contributed by atoms with van der Waals surface area (Å²) in [5, 5.41) is 102. The van der Waals surface area contributed by atoms with Gasteiger partial charge in [-0.2, -0.15) is 0 Å². The van der Waals surface area contributed by atoms with Gasteiger partial charge in [0.1, 0.15) is 90.3 Å². The first-order chi connectivity index (χ1) is 72.5. The molecule has 30 heteroatoms. The number of ketones is 2. The first kappa shape index (κ1) is 105. The van der Waals surface area contributed by atoms with Crippen molar-refractivity contribution in [2.24, 2.45) is 0 Å². The molecular formula is C120H100F4N4O18S4. The Labute approximate surface area is 875 Å². The Morgan fingerprint density at radius 1 is 0.280 bits per heavy atom. The number of Topliss-reactive ketones (excluding diaryl/α,β-unsaturated/α-hetero) is 2. The monoisotopic (exact) mass is 2090 g/mol. The minimum atomic E-state index is -1.71. The van der Waals surface area contributed by atoms with E-state index in [4.69, 9.17) is 0 Å². The molecule has 4 amide bonds. The molecule has 0 saturated carbocycles. The van der Waals surface area contributed by atoms with Crippen LogP contribution < -0.4 is 19.6 Å². The van der Waals surface area contributed by atoms with Crippen LogP contribution >= 0.6 is 23.5 Å². The molecule has 4 fully saturated rings. The number of benzene rings is 16. The number of β-lactam (4-membered cyclic amide) rings is 4. The molecule has 16 aromatic carbocycles. The fraction of sp³-hybridized carbons (Fsp3) is 0.150. The van der Waals surface area contributed by atoms with Gasteiger partial charge in [-0.15, -0.1) is 23.5 Å². The number of aliphatic hydroxyl groups is 2. The quantitative estimate of drug-likeness (QED) is 0.0106. The number of phenols is 8. The molecule has 4 saturated heterocycles. The van der Waals surface area contributed by atoms with Crippen molar-refractivity contribution in [1.29, 1.82) is 0 Å². The summed E-state index contributed by atoms with van der Waals surface area (Å²) in [4.78, 5) is 84.5. The van der Waals surface area contributed by atoms with E-state index in [-0.39, 0.29) is 124 Å². The Balaban J connectivity index is 0.000000136. The standard InChI is InChI=1S/C30H26FNO5S.C30H24FNO5S.C30H26FNO4S.C30H24FNO4S/c2*31-22-12-9-19(10-13-22)26(34)15-16-38(37)29-28(32(30(29)36)23-6-2-1-3-7-23)25-14-11-21(18-27(25)35)20-5-4-8-24(33)17-20;2*31-22-12-9-19(10-13-22)26(34)15-16-37-29-28(32(30(29)36)23-6-2-1-3-7-23)25-14-11-21(18-27(25)35)20-5-4-8-24(33)17-20/h1-14,17-18,26,28-29,33-35H,15-16H2;1-14,17-18,28-29,33,35H,15-16H2;1-14,17-18,26,28-29,33-35H,15-16H2;1-14,17-18,28-29,33,35H,15-16H2. The Morgan fingerprint density at radius 2 is 0.547 bits per heavy atom. The summed E-state index contributed by atoms with van der Waals surface area (Å²) in [7, 11) is -3.37. The molecule has 150 heavy (non-hydrogen) atoms. The van der Waals surface area contributed by atoms with Crippen molar-refractivity contribution >= 4 is 103 Å². The maximum absolute atomic E-state index is 13.4. The lowest BCUT2D eigenvalue weighted by molar-refractivity contribution is -0.124. The second-order valence-corrected chi connectivity index (χ2v) is 41.8. The van der Waals surface area contributed by atoms with Crippen molar-refractivity contribution in [1.82, 2.24) is 0 Å². The van der Waals surface area contributed by atoms with Crippen LogP contribution in [-0.2, 0) is 40.8 Å². The normalized spacial score (nSPS) is 17.7. The van der Waals surface area contributed by atoms with Gasteiger partial charge in [-0.05, 0) is 268 Å². The van der Waals surface area contributed by atoms with Crippen molar-refractivity contribution in [3.8, 4) is 90.5 Å². The maximum Gasteiger partial charge on any atom is 0.245 e. The molecule has 0 bridgehead atoms. The molecule has 4 heterocycles. The summed E-state index contributed by atoms with van der Waals surface area (Å²) in [5.74, 6) is -1.49. The number of amides is 4. The number of nitrogens with zero attached hydrogens (tertiary/aromatic N) is 4. The molecule has 22 nitrogen and oxygen atoms in total. The van der Waals surface area contributed by atoms with E-state index in [1.807, 2.05) is 109 Å². The number of rotatable bonds is 32. The summed E-state index contributed by atoms with van der Waals surface area (Å²) in [6, 6.07) is 104. The van der Waals surface area contributed by atoms with Crippen molar-refractivity contribution < 1.29 is 106 Å². The van der Waals surface area contributed by atoms with Crippen LogP contribution in [0.3, 0.4) is 0 Å². The molecule has 0 spiro atoms. The topological polar surface area (TPSA) is 352 Å².